The molecule has 0 saturated heterocycles. The molecule has 0 spiro atoms. The number of nitro groups is 1. The minimum absolute atomic E-state index is 0.157. The number of rotatable bonds is 5. The van der Waals surface area contributed by atoms with Crippen LogP contribution in [-0.2, 0) is 6.54 Å². The van der Waals surface area contributed by atoms with Gasteiger partial charge < -0.3 is 4.57 Å². The first-order valence-electron chi connectivity index (χ1n) is 6.92. The first-order valence-corrected chi connectivity index (χ1v) is 8.11. The molecule has 0 unspecified atom stereocenters. The van der Waals surface area contributed by atoms with E-state index in [1.807, 2.05) is 29.7 Å². The van der Waals surface area contributed by atoms with Gasteiger partial charge in [0.15, 0.2) is 16.1 Å². The van der Waals surface area contributed by atoms with Crippen molar-refractivity contribution in [2.24, 2.45) is 0 Å². The second kappa shape index (κ2) is 6.93. The van der Waals surface area contributed by atoms with Crippen LogP contribution in [0.25, 0.3) is 11.4 Å². The van der Waals surface area contributed by atoms with Crippen LogP contribution in [0.4, 0.5) is 5.69 Å². The quantitative estimate of drug-likeness (QED) is 0.389. The van der Waals surface area contributed by atoms with Gasteiger partial charge in [-0.1, -0.05) is 23.7 Å². The standard InChI is InChI=1S/C14H11ClN6O2S/c1-2-20-12(9-4-3-5-10(15)6-9)18-19-14(20)24-13-16-7-11(8-17-13)21(22)23/h3-8H,2H2,1H3. The highest BCUT2D eigenvalue weighted by Crippen LogP contribution is 2.28. The highest BCUT2D eigenvalue weighted by molar-refractivity contribution is 7.99. The van der Waals surface area contributed by atoms with Gasteiger partial charge in [-0.25, -0.2) is 9.97 Å². The van der Waals surface area contributed by atoms with E-state index in [2.05, 4.69) is 20.2 Å². The van der Waals surface area contributed by atoms with E-state index in [-0.39, 0.29) is 5.69 Å². The summed E-state index contributed by atoms with van der Waals surface area (Å²) < 4.78 is 1.90. The van der Waals surface area contributed by atoms with E-state index in [0.29, 0.717) is 27.7 Å². The number of aromatic nitrogens is 5. The van der Waals surface area contributed by atoms with Gasteiger partial charge in [0.05, 0.1) is 4.92 Å². The number of nitrogens with zero attached hydrogens (tertiary/aromatic N) is 6. The molecule has 0 aliphatic carbocycles. The summed E-state index contributed by atoms with van der Waals surface area (Å²) in [5.41, 5.74) is 0.698. The van der Waals surface area contributed by atoms with E-state index in [0.717, 1.165) is 5.56 Å². The minimum Gasteiger partial charge on any atom is -0.302 e. The summed E-state index contributed by atoms with van der Waals surface area (Å²) in [4.78, 5) is 18.0. The Hall–Kier alpha value is -2.52. The maximum atomic E-state index is 10.6. The molecule has 3 aromatic rings. The lowest BCUT2D eigenvalue weighted by molar-refractivity contribution is -0.385. The summed E-state index contributed by atoms with van der Waals surface area (Å²) in [6, 6.07) is 7.35. The topological polar surface area (TPSA) is 99.6 Å². The van der Waals surface area contributed by atoms with Crippen molar-refractivity contribution < 1.29 is 4.92 Å². The van der Waals surface area contributed by atoms with E-state index in [4.69, 9.17) is 11.6 Å². The normalized spacial score (nSPS) is 10.8. The third-order valence-corrected chi connectivity index (χ3v) is 4.24. The number of halogens is 1. The van der Waals surface area contributed by atoms with Crippen LogP contribution in [0.1, 0.15) is 6.92 Å². The molecule has 0 amide bonds. The molecular weight excluding hydrogens is 352 g/mol. The summed E-state index contributed by atoms with van der Waals surface area (Å²) in [6.07, 6.45) is 2.33. The third kappa shape index (κ3) is 3.36. The Labute approximate surface area is 146 Å². The average Bonchev–Trinajstić information content (AvgIpc) is 2.98. The Morgan fingerprint density at radius 2 is 2.04 bits per heavy atom. The van der Waals surface area contributed by atoms with Gasteiger partial charge in [0.2, 0.25) is 0 Å². The number of hydrogen-bond acceptors (Lipinski definition) is 7. The predicted octanol–water partition coefficient (Wildman–Crippen LogP) is 3.47. The van der Waals surface area contributed by atoms with Crippen molar-refractivity contribution in [3.05, 3.63) is 51.8 Å². The summed E-state index contributed by atoms with van der Waals surface area (Å²) in [5, 5.41) is 20.6. The largest absolute Gasteiger partial charge is 0.305 e. The monoisotopic (exact) mass is 362 g/mol. The molecule has 0 fully saturated rings. The highest BCUT2D eigenvalue weighted by atomic mass is 35.5. The lowest BCUT2D eigenvalue weighted by atomic mass is 10.2. The molecule has 122 valence electrons. The molecule has 0 aliphatic heterocycles. The lowest BCUT2D eigenvalue weighted by Crippen LogP contribution is -2.00. The SMILES string of the molecule is CCn1c(Sc2ncc([N+](=O)[O-])cn2)nnc1-c1cccc(Cl)c1. The maximum Gasteiger partial charge on any atom is 0.305 e. The summed E-state index contributed by atoms with van der Waals surface area (Å²) in [6.45, 7) is 2.61. The molecule has 0 radical (unpaired) electrons. The number of hydrogen-bond donors (Lipinski definition) is 0. The second-order valence-electron chi connectivity index (χ2n) is 4.64. The van der Waals surface area contributed by atoms with E-state index in [1.165, 1.54) is 24.2 Å². The molecule has 0 N–H and O–H groups in total. The van der Waals surface area contributed by atoms with E-state index in [1.54, 1.807) is 6.07 Å². The third-order valence-electron chi connectivity index (χ3n) is 3.12. The fraction of sp³-hybridized carbons (Fsp3) is 0.143. The molecule has 1 aromatic carbocycles. The molecule has 3 rings (SSSR count). The zero-order valence-electron chi connectivity index (χ0n) is 12.5. The van der Waals surface area contributed by atoms with Crippen LogP contribution in [0.3, 0.4) is 0 Å². The molecule has 0 atom stereocenters. The van der Waals surface area contributed by atoms with Crippen LogP contribution >= 0.6 is 23.4 Å². The Morgan fingerprint density at radius 1 is 1.29 bits per heavy atom. The predicted molar refractivity (Wildman–Crippen MR) is 89.0 cm³/mol. The Balaban J connectivity index is 1.90. The van der Waals surface area contributed by atoms with Gasteiger partial charge in [-0.15, -0.1) is 10.2 Å². The van der Waals surface area contributed by atoms with Crippen LogP contribution in [0.15, 0.2) is 47.0 Å². The van der Waals surface area contributed by atoms with Crippen molar-refractivity contribution in [3.63, 3.8) is 0 Å². The van der Waals surface area contributed by atoms with E-state index in [9.17, 15) is 10.1 Å². The first-order chi connectivity index (χ1) is 11.6. The second-order valence-corrected chi connectivity index (χ2v) is 6.01. The van der Waals surface area contributed by atoms with Gasteiger partial charge in [-0.2, -0.15) is 0 Å². The van der Waals surface area contributed by atoms with Crippen LogP contribution in [0.5, 0.6) is 0 Å². The Bertz CT molecular complexity index is 883. The molecule has 0 saturated carbocycles. The van der Waals surface area contributed by atoms with Gasteiger partial charge in [0.25, 0.3) is 0 Å². The van der Waals surface area contributed by atoms with Crippen LogP contribution in [-0.4, -0.2) is 29.7 Å². The van der Waals surface area contributed by atoms with Gasteiger partial charge in [0, 0.05) is 17.1 Å². The van der Waals surface area contributed by atoms with Gasteiger partial charge >= 0.3 is 5.69 Å². The lowest BCUT2D eigenvalue weighted by Gasteiger charge is -2.06. The van der Waals surface area contributed by atoms with Crippen molar-refractivity contribution in [1.29, 1.82) is 0 Å². The molecule has 2 aromatic heterocycles. The highest BCUT2D eigenvalue weighted by Gasteiger charge is 2.16. The maximum absolute atomic E-state index is 10.6. The van der Waals surface area contributed by atoms with Crippen LogP contribution in [0.2, 0.25) is 5.02 Å². The fourth-order valence-corrected chi connectivity index (χ4v) is 3.00. The molecule has 24 heavy (non-hydrogen) atoms. The zero-order chi connectivity index (χ0) is 17.1. The Kier molecular flexibility index (Phi) is 4.72. The van der Waals surface area contributed by atoms with Crippen LogP contribution < -0.4 is 0 Å². The summed E-state index contributed by atoms with van der Waals surface area (Å²) >= 11 is 7.22. The smallest absolute Gasteiger partial charge is 0.302 e. The van der Waals surface area contributed by atoms with Crippen LogP contribution in [0, 0.1) is 10.1 Å². The molecule has 0 bridgehead atoms. The average molecular weight is 363 g/mol. The van der Waals surface area contributed by atoms with Crippen molar-refractivity contribution in [3.8, 4) is 11.4 Å². The van der Waals surface area contributed by atoms with Crippen molar-refractivity contribution in [1.82, 2.24) is 24.7 Å². The van der Waals surface area contributed by atoms with E-state index >= 15 is 0 Å². The molecule has 2 heterocycles. The first kappa shape index (κ1) is 16.3. The minimum atomic E-state index is -0.541. The van der Waals surface area contributed by atoms with E-state index < -0.39 is 4.92 Å². The molecule has 10 heteroatoms. The van der Waals surface area contributed by atoms with Crippen molar-refractivity contribution in [2.75, 3.05) is 0 Å². The van der Waals surface area contributed by atoms with Gasteiger partial charge in [-0.05, 0) is 30.8 Å². The summed E-state index contributed by atoms with van der Waals surface area (Å²) in [5.74, 6) is 0.685. The fourth-order valence-electron chi connectivity index (χ4n) is 2.03. The summed E-state index contributed by atoms with van der Waals surface area (Å²) in [7, 11) is 0. The van der Waals surface area contributed by atoms with Crippen molar-refractivity contribution >= 4 is 29.1 Å². The molecular formula is C14H11ClN6O2S. The van der Waals surface area contributed by atoms with Gasteiger partial charge in [0.1, 0.15) is 12.4 Å². The van der Waals surface area contributed by atoms with Crippen molar-refractivity contribution in [2.45, 2.75) is 23.8 Å². The Morgan fingerprint density at radius 3 is 2.67 bits per heavy atom. The molecule has 0 aliphatic rings. The zero-order valence-corrected chi connectivity index (χ0v) is 14.0. The number of benzene rings is 1. The van der Waals surface area contributed by atoms with Gasteiger partial charge in [-0.3, -0.25) is 10.1 Å². The molecule has 8 nitrogen and oxygen atoms in total.